The second-order valence-electron chi connectivity index (χ2n) is 5.18. The van der Waals surface area contributed by atoms with E-state index in [4.69, 9.17) is 4.98 Å². The van der Waals surface area contributed by atoms with Gasteiger partial charge >= 0.3 is 0 Å². The van der Waals surface area contributed by atoms with Crippen LogP contribution in [0, 0.1) is 5.82 Å². The first kappa shape index (κ1) is 15.9. The molecular formula is C16H22FN3S. The summed E-state index contributed by atoms with van der Waals surface area (Å²) in [4.78, 5) is 7.99. The highest BCUT2D eigenvalue weighted by molar-refractivity contribution is 7.15. The molecule has 0 bridgehead atoms. The van der Waals surface area contributed by atoms with Gasteiger partial charge in [-0.2, -0.15) is 0 Å². The Labute approximate surface area is 129 Å². The Bertz CT molecular complexity index is 597. The maximum atomic E-state index is 13.4. The lowest BCUT2D eigenvalue weighted by Gasteiger charge is -2.15. The number of hydrogen-bond acceptors (Lipinski definition) is 4. The van der Waals surface area contributed by atoms with Crippen LogP contribution in [0.25, 0.3) is 0 Å². The fourth-order valence-corrected chi connectivity index (χ4v) is 3.33. The van der Waals surface area contributed by atoms with E-state index < -0.39 is 0 Å². The topological polar surface area (TPSA) is 28.2 Å². The van der Waals surface area contributed by atoms with Crippen molar-refractivity contribution >= 4 is 22.2 Å². The third kappa shape index (κ3) is 3.60. The van der Waals surface area contributed by atoms with Gasteiger partial charge in [-0.25, -0.2) is 9.37 Å². The monoisotopic (exact) mass is 307 g/mol. The van der Waals surface area contributed by atoms with E-state index in [-0.39, 0.29) is 5.82 Å². The average Bonchev–Trinajstić information content (AvgIpc) is 2.90. The van der Waals surface area contributed by atoms with Crippen LogP contribution in [0.1, 0.15) is 36.8 Å². The number of halogens is 1. The number of thiazole rings is 1. The van der Waals surface area contributed by atoms with Crippen molar-refractivity contribution in [2.24, 2.45) is 0 Å². The zero-order valence-corrected chi connectivity index (χ0v) is 13.8. The lowest BCUT2D eigenvalue weighted by Crippen LogP contribution is -2.09. The zero-order valence-electron chi connectivity index (χ0n) is 13.0. The molecule has 21 heavy (non-hydrogen) atoms. The second kappa shape index (κ2) is 7.00. The SMILES string of the molecule is CCC(C)c1nc(N(C)c2cccc(F)c2)sc1CNC. The molecule has 0 saturated heterocycles. The zero-order chi connectivity index (χ0) is 15.4. The predicted octanol–water partition coefficient (Wildman–Crippen LogP) is 4.28. The number of benzene rings is 1. The van der Waals surface area contributed by atoms with Crippen LogP contribution in [0.15, 0.2) is 24.3 Å². The van der Waals surface area contributed by atoms with Crippen molar-refractivity contribution in [2.75, 3.05) is 19.0 Å². The van der Waals surface area contributed by atoms with E-state index in [1.165, 1.54) is 17.0 Å². The molecule has 1 aromatic heterocycles. The van der Waals surface area contributed by atoms with Crippen molar-refractivity contribution in [3.8, 4) is 0 Å². The van der Waals surface area contributed by atoms with Crippen LogP contribution in [-0.2, 0) is 6.54 Å². The summed E-state index contributed by atoms with van der Waals surface area (Å²) in [6, 6.07) is 6.60. The lowest BCUT2D eigenvalue weighted by atomic mass is 10.0. The van der Waals surface area contributed by atoms with Crippen molar-refractivity contribution in [1.29, 1.82) is 0 Å². The number of hydrogen-bond donors (Lipinski definition) is 1. The molecular weight excluding hydrogens is 285 g/mol. The highest BCUT2D eigenvalue weighted by atomic mass is 32.1. The van der Waals surface area contributed by atoms with Gasteiger partial charge in [-0.1, -0.05) is 31.3 Å². The van der Waals surface area contributed by atoms with Crippen LogP contribution in [0.3, 0.4) is 0 Å². The van der Waals surface area contributed by atoms with Crippen molar-refractivity contribution in [3.05, 3.63) is 40.7 Å². The Kier molecular flexibility index (Phi) is 5.31. The Morgan fingerprint density at radius 3 is 2.81 bits per heavy atom. The Hall–Kier alpha value is -1.46. The van der Waals surface area contributed by atoms with E-state index in [1.54, 1.807) is 17.4 Å². The number of nitrogens with one attached hydrogen (secondary N) is 1. The summed E-state index contributed by atoms with van der Waals surface area (Å²) >= 11 is 1.67. The quantitative estimate of drug-likeness (QED) is 0.863. The third-order valence-corrected chi connectivity index (χ3v) is 4.76. The van der Waals surface area contributed by atoms with Crippen LogP contribution in [0.4, 0.5) is 15.2 Å². The van der Waals surface area contributed by atoms with Gasteiger partial charge in [-0.05, 0) is 37.6 Å². The lowest BCUT2D eigenvalue weighted by molar-refractivity contribution is 0.628. The molecule has 0 radical (unpaired) electrons. The van der Waals surface area contributed by atoms with E-state index in [2.05, 4.69) is 19.2 Å². The van der Waals surface area contributed by atoms with Gasteiger partial charge in [0.2, 0.25) is 0 Å². The number of aromatic nitrogens is 1. The standard InChI is InChI=1S/C16H22FN3S/c1-5-11(2)15-14(10-18-3)21-16(19-15)20(4)13-8-6-7-12(17)9-13/h6-9,11,18H,5,10H2,1-4H3. The van der Waals surface area contributed by atoms with Gasteiger partial charge in [0.1, 0.15) is 5.82 Å². The molecule has 0 fully saturated rings. The molecule has 0 aliphatic heterocycles. The second-order valence-corrected chi connectivity index (χ2v) is 6.25. The van der Waals surface area contributed by atoms with Gasteiger partial charge in [0.05, 0.1) is 5.69 Å². The molecule has 5 heteroatoms. The van der Waals surface area contributed by atoms with E-state index in [1.807, 2.05) is 25.1 Å². The van der Waals surface area contributed by atoms with Crippen LogP contribution in [0.2, 0.25) is 0 Å². The van der Waals surface area contributed by atoms with Gasteiger partial charge in [-0.3, -0.25) is 0 Å². The van der Waals surface area contributed by atoms with Crippen LogP contribution < -0.4 is 10.2 Å². The largest absolute Gasteiger partial charge is 0.321 e. The summed E-state index contributed by atoms with van der Waals surface area (Å²) in [7, 11) is 3.87. The molecule has 0 aliphatic rings. The minimum atomic E-state index is -0.228. The van der Waals surface area contributed by atoms with Crippen molar-refractivity contribution in [2.45, 2.75) is 32.7 Å². The number of anilines is 2. The Morgan fingerprint density at radius 1 is 1.43 bits per heavy atom. The van der Waals surface area contributed by atoms with Gasteiger partial charge in [0.15, 0.2) is 5.13 Å². The smallest absolute Gasteiger partial charge is 0.190 e. The van der Waals surface area contributed by atoms with Crippen molar-refractivity contribution in [3.63, 3.8) is 0 Å². The minimum absolute atomic E-state index is 0.228. The summed E-state index contributed by atoms with van der Waals surface area (Å²) in [6.07, 6.45) is 1.06. The molecule has 2 rings (SSSR count). The summed E-state index contributed by atoms with van der Waals surface area (Å²) < 4.78 is 13.4. The summed E-state index contributed by atoms with van der Waals surface area (Å²) in [5, 5.41) is 4.10. The van der Waals surface area contributed by atoms with Crippen molar-refractivity contribution < 1.29 is 4.39 Å². The maximum Gasteiger partial charge on any atom is 0.190 e. The highest BCUT2D eigenvalue weighted by Gasteiger charge is 2.18. The molecule has 1 N–H and O–H groups in total. The van der Waals surface area contributed by atoms with Gasteiger partial charge < -0.3 is 10.2 Å². The molecule has 0 spiro atoms. The highest BCUT2D eigenvalue weighted by Crippen LogP contribution is 2.34. The Morgan fingerprint density at radius 2 is 2.19 bits per heavy atom. The number of rotatable bonds is 6. The molecule has 3 nitrogen and oxygen atoms in total. The molecule has 0 aliphatic carbocycles. The minimum Gasteiger partial charge on any atom is -0.321 e. The first-order valence-corrected chi connectivity index (χ1v) is 8.02. The fourth-order valence-electron chi connectivity index (χ4n) is 2.15. The van der Waals surface area contributed by atoms with E-state index >= 15 is 0 Å². The summed E-state index contributed by atoms with van der Waals surface area (Å²) in [5.74, 6) is 0.202. The molecule has 0 saturated carbocycles. The third-order valence-electron chi connectivity index (χ3n) is 3.62. The molecule has 0 amide bonds. The number of nitrogens with zero attached hydrogens (tertiary/aromatic N) is 2. The molecule has 1 heterocycles. The first-order valence-electron chi connectivity index (χ1n) is 7.20. The summed E-state index contributed by atoms with van der Waals surface area (Å²) in [5.41, 5.74) is 1.96. The molecule has 114 valence electrons. The molecule has 1 aromatic carbocycles. The molecule has 1 atom stereocenters. The van der Waals surface area contributed by atoms with E-state index in [0.29, 0.717) is 5.92 Å². The molecule has 2 aromatic rings. The average molecular weight is 307 g/mol. The summed E-state index contributed by atoms with van der Waals surface area (Å²) in [6.45, 7) is 5.18. The predicted molar refractivity (Wildman–Crippen MR) is 88.0 cm³/mol. The molecule has 1 unspecified atom stereocenters. The normalized spacial score (nSPS) is 12.4. The maximum absolute atomic E-state index is 13.4. The first-order chi connectivity index (χ1) is 10.1. The fraction of sp³-hybridized carbons (Fsp3) is 0.438. The Balaban J connectivity index is 2.35. The van der Waals surface area contributed by atoms with Gasteiger partial charge in [0.25, 0.3) is 0 Å². The van der Waals surface area contributed by atoms with Crippen LogP contribution in [-0.4, -0.2) is 19.1 Å². The van der Waals surface area contributed by atoms with Gasteiger partial charge in [-0.15, -0.1) is 0 Å². The van der Waals surface area contributed by atoms with E-state index in [0.717, 1.165) is 29.5 Å². The van der Waals surface area contributed by atoms with Crippen molar-refractivity contribution in [1.82, 2.24) is 10.3 Å². The van der Waals surface area contributed by atoms with Crippen LogP contribution >= 0.6 is 11.3 Å². The van der Waals surface area contributed by atoms with Crippen LogP contribution in [0.5, 0.6) is 0 Å². The van der Waals surface area contributed by atoms with Gasteiger partial charge in [0, 0.05) is 24.2 Å². The van der Waals surface area contributed by atoms with E-state index in [9.17, 15) is 4.39 Å².